The number of nitrogens with zero attached hydrogens (tertiary/aromatic N) is 1. The van der Waals surface area contributed by atoms with E-state index in [2.05, 4.69) is 10.3 Å². The van der Waals surface area contributed by atoms with Crippen LogP contribution in [0.2, 0.25) is 0 Å². The van der Waals surface area contributed by atoms with Gasteiger partial charge in [-0.05, 0) is 13.0 Å². The van der Waals surface area contributed by atoms with Gasteiger partial charge in [0.25, 0.3) is 0 Å². The molecule has 5 nitrogen and oxygen atoms in total. The van der Waals surface area contributed by atoms with Crippen LogP contribution in [0.15, 0.2) is 18.3 Å². The lowest BCUT2D eigenvalue weighted by Gasteiger charge is -2.15. The van der Waals surface area contributed by atoms with Gasteiger partial charge in [0.15, 0.2) is 0 Å². The standard InChI is InChI=1S/C10H17N3O2/c1-7(6-14)12-5-9(15)8-2-3-10(11)13-4-8/h2-4,7,9,12,14-15H,5-6H2,1H3,(H2,11,13)/t7-,9+/m0/s1. The monoisotopic (exact) mass is 211 g/mol. The van der Waals surface area contributed by atoms with Crippen LogP contribution in [-0.4, -0.2) is 34.4 Å². The maximum Gasteiger partial charge on any atom is 0.123 e. The van der Waals surface area contributed by atoms with Gasteiger partial charge in [0.05, 0.1) is 12.7 Å². The van der Waals surface area contributed by atoms with Crippen molar-refractivity contribution in [1.82, 2.24) is 10.3 Å². The molecular weight excluding hydrogens is 194 g/mol. The molecule has 0 unspecified atom stereocenters. The van der Waals surface area contributed by atoms with Crippen molar-refractivity contribution >= 4 is 5.82 Å². The molecule has 2 atom stereocenters. The van der Waals surface area contributed by atoms with Crippen LogP contribution in [0, 0.1) is 0 Å². The minimum atomic E-state index is -0.632. The van der Waals surface area contributed by atoms with Crippen molar-refractivity contribution in [2.45, 2.75) is 19.1 Å². The summed E-state index contributed by atoms with van der Waals surface area (Å²) in [4.78, 5) is 3.89. The molecule has 0 saturated heterocycles. The lowest BCUT2D eigenvalue weighted by atomic mass is 10.1. The lowest BCUT2D eigenvalue weighted by Crippen LogP contribution is -2.32. The molecule has 0 amide bonds. The van der Waals surface area contributed by atoms with Crippen LogP contribution in [0.25, 0.3) is 0 Å². The maximum absolute atomic E-state index is 9.73. The van der Waals surface area contributed by atoms with Gasteiger partial charge in [0.2, 0.25) is 0 Å². The predicted molar refractivity (Wildman–Crippen MR) is 58.2 cm³/mol. The summed E-state index contributed by atoms with van der Waals surface area (Å²) >= 11 is 0. The van der Waals surface area contributed by atoms with Crippen molar-refractivity contribution < 1.29 is 10.2 Å². The Bertz CT molecular complexity index is 289. The summed E-state index contributed by atoms with van der Waals surface area (Å²) in [5, 5.41) is 21.5. The van der Waals surface area contributed by atoms with Crippen molar-refractivity contribution in [1.29, 1.82) is 0 Å². The Labute approximate surface area is 89.0 Å². The highest BCUT2D eigenvalue weighted by atomic mass is 16.3. The second-order valence-electron chi connectivity index (χ2n) is 3.52. The molecule has 84 valence electrons. The van der Waals surface area contributed by atoms with E-state index in [9.17, 15) is 5.11 Å². The van der Waals surface area contributed by atoms with Crippen LogP contribution >= 0.6 is 0 Å². The SMILES string of the molecule is C[C@@H](CO)NC[C@@H](O)c1ccc(N)nc1. The maximum atomic E-state index is 9.73. The Kier molecular flexibility index (Phi) is 4.48. The Morgan fingerprint density at radius 3 is 2.80 bits per heavy atom. The summed E-state index contributed by atoms with van der Waals surface area (Å²) in [5.41, 5.74) is 6.14. The van der Waals surface area contributed by atoms with Crippen LogP contribution in [-0.2, 0) is 0 Å². The summed E-state index contributed by atoms with van der Waals surface area (Å²) in [6.45, 7) is 2.27. The van der Waals surface area contributed by atoms with Crippen LogP contribution in [0.4, 0.5) is 5.82 Å². The molecule has 0 spiro atoms. The van der Waals surface area contributed by atoms with E-state index in [0.29, 0.717) is 17.9 Å². The van der Waals surface area contributed by atoms with Gasteiger partial charge in [-0.15, -0.1) is 0 Å². The van der Waals surface area contributed by atoms with Gasteiger partial charge in [-0.2, -0.15) is 0 Å². The third kappa shape index (κ3) is 3.83. The van der Waals surface area contributed by atoms with Crippen LogP contribution in [0.3, 0.4) is 0 Å². The normalized spacial score (nSPS) is 14.9. The van der Waals surface area contributed by atoms with E-state index in [1.807, 2.05) is 6.92 Å². The lowest BCUT2D eigenvalue weighted by molar-refractivity contribution is 0.161. The Balaban J connectivity index is 2.46. The summed E-state index contributed by atoms with van der Waals surface area (Å²) in [6, 6.07) is 3.35. The zero-order valence-electron chi connectivity index (χ0n) is 8.72. The van der Waals surface area contributed by atoms with E-state index in [-0.39, 0.29) is 12.6 Å². The van der Waals surface area contributed by atoms with E-state index in [0.717, 1.165) is 0 Å². The third-order valence-electron chi connectivity index (χ3n) is 2.13. The van der Waals surface area contributed by atoms with Crippen LogP contribution in [0.1, 0.15) is 18.6 Å². The molecule has 0 aliphatic heterocycles. The van der Waals surface area contributed by atoms with Gasteiger partial charge in [-0.1, -0.05) is 6.07 Å². The van der Waals surface area contributed by atoms with Crippen molar-refractivity contribution in [2.24, 2.45) is 0 Å². The highest BCUT2D eigenvalue weighted by molar-refractivity contribution is 5.30. The number of pyridine rings is 1. The van der Waals surface area contributed by atoms with Crippen LogP contribution in [0.5, 0.6) is 0 Å². The molecule has 0 saturated carbocycles. The van der Waals surface area contributed by atoms with Crippen molar-refractivity contribution in [3.63, 3.8) is 0 Å². The number of hydrogen-bond donors (Lipinski definition) is 4. The Morgan fingerprint density at radius 1 is 1.53 bits per heavy atom. The number of nitrogens with two attached hydrogens (primary N) is 1. The smallest absolute Gasteiger partial charge is 0.123 e. The zero-order chi connectivity index (χ0) is 11.3. The fraction of sp³-hybridized carbons (Fsp3) is 0.500. The number of nitrogens with one attached hydrogen (secondary N) is 1. The second kappa shape index (κ2) is 5.65. The second-order valence-corrected chi connectivity index (χ2v) is 3.52. The van der Waals surface area contributed by atoms with Gasteiger partial charge >= 0.3 is 0 Å². The third-order valence-corrected chi connectivity index (χ3v) is 2.13. The Morgan fingerprint density at radius 2 is 2.27 bits per heavy atom. The highest BCUT2D eigenvalue weighted by Crippen LogP contribution is 2.11. The molecule has 0 radical (unpaired) electrons. The van der Waals surface area contributed by atoms with E-state index >= 15 is 0 Å². The van der Waals surface area contributed by atoms with Gasteiger partial charge in [-0.3, -0.25) is 0 Å². The summed E-state index contributed by atoms with van der Waals surface area (Å²) in [6.07, 6.45) is 0.915. The number of aliphatic hydroxyl groups is 2. The fourth-order valence-corrected chi connectivity index (χ4v) is 1.11. The van der Waals surface area contributed by atoms with Gasteiger partial charge in [0.1, 0.15) is 5.82 Å². The number of anilines is 1. The molecule has 15 heavy (non-hydrogen) atoms. The van der Waals surface area contributed by atoms with E-state index in [4.69, 9.17) is 10.8 Å². The highest BCUT2D eigenvalue weighted by Gasteiger charge is 2.08. The van der Waals surface area contributed by atoms with E-state index in [1.165, 1.54) is 0 Å². The molecule has 0 aromatic carbocycles. The topological polar surface area (TPSA) is 91.4 Å². The molecule has 0 fully saturated rings. The molecule has 0 bridgehead atoms. The predicted octanol–water partition coefficient (Wildman–Crippen LogP) is -0.332. The van der Waals surface area contributed by atoms with Crippen molar-refractivity contribution in [3.8, 4) is 0 Å². The largest absolute Gasteiger partial charge is 0.395 e. The average Bonchev–Trinajstić information content (AvgIpc) is 2.26. The van der Waals surface area contributed by atoms with Gasteiger partial charge in [-0.25, -0.2) is 4.98 Å². The number of nitrogen functional groups attached to an aromatic ring is 1. The summed E-state index contributed by atoms with van der Waals surface area (Å²) < 4.78 is 0. The zero-order valence-corrected chi connectivity index (χ0v) is 8.72. The van der Waals surface area contributed by atoms with Gasteiger partial charge in [0, 0.05) is 24.3 Å². The van der Waals surface area contributed by atoms with Crippen LogP contribution < -0.4 is 11.1 Å². The summed E-state index contributed by atoms with van der Waals surface area (Å²) in [7, 11) is 0. The number of hydrogen-bond acceptors (Lipinski definition) is 5. The molecular formula is C10H17N3O2. The first-order valence-electron chi connectivity index (χ1n) is 4.87. The fourth-order valence-electron chi connectivity index (χ4n) is 1.11. The molecule has 1 heterocycles. The first kappa shape index (κ1) is 11.9. The van der Waals surface area contributed by atoms with Gasteiger partial charge < -0.3 is 21.3 Å². The van der Waals surface area contributed by atoms with E-state index in [1.54, 1.807) is 18.3 Å². The first-order chi connectivity index (χ1) is 7.13. The quantitative estimate of drug-likeness (QED) is 0.535. The minimum Gasteiger partial charge on any atom is -0.395 e. The number of aromatic nitrogens is 1. The molecule has 0 aliphatic carbocycles. The number of aliphatic hydroxyl groups excluding tert-OH is 2. The molecule has 0 aliphatic rings. The van der Waals surface area contributed by atoms with Crippen molar-refractivity contribution in [2.75, 3.05) is 18.9 Å². The van der Waals surface area contributed by atoms with E-state index < -0.39 is 6.10 Å². The first-order valence-corrected chi connectivity index (χ1v) is 4.87. The molecule has 1 rings (SSSR count). The Hall–Kier alpha value is -1.17. The molecule has 5 heteroatoms. The molecule has 1 aromatic rings. The summed E-state index contributed by atoms with van der Waals surface area (Å²) in [5.74, 6) is 0.433. The molecule has 1 aromatic heterocycles. The average molecular weight is 211 g/mol. The number of rotatable bonds is 5. The minimum absolute atomic E-state index is 0.0265. The van der Waals surface area contributed by atoms with Crippen molar-refractivity contribution in [3.05, 3.63) is 23.9 Å². The molecule has 5 N–H and O–H groups in total.